The highest BCUT2D eigenvalue weighted by molar-refractivity contribution is 8.08. The number of ether oxygens (including phenoxy) is 1. The number of methoxy groups -OCH3 is 1. The van der Waals surface area contributed by atoms with Gasteiger partial charge in [0.05, 0.1) is 17.6 Å². The molecule has 0 amide bonds. The smallest absolute Gasteiger partial charge is 0.338 e. The third kappa shape index (κ3) is 1.94. The van der Waals surface area contributed by atoms with Gasteiger partial charge in [-0.25, -0.2) is 13.2 Å². The first-order valence-corrected chi connectivity index (χ1v) is 8.78. The van der Waals surface area contributed by atoms with Crippen molar-refractivity contribution >= 4 is 32.7 Å². The molecule has 2 aliphatic heterocycles. The second kappa shape index (κ2) is 5.06. The van der Waals surface area contributed by atoms with E-state index < -0.39 is 16.0 Å². The first kappa shape index (κ1) is 15.0. The van der Waals surface area contributed by atoms with Crippen molar-refractivity contribution in [3.8, 4) is 0 Å². The number of aliphatic hydroxyl groups is 1. The van der Waals surface area contributed by atoms with Crippen molar-refractivity contribution in [3.63, 3.8) is 0 Å². The minimum atomic E-state index is -3.76. The number of carbonyl (C=O) groups excluding carboxylic acids is 1. The fourth-order valence-corrected chi connectivity index (χ4v) is 5.24. The molecule has 8 heteroatoms. The van der Waals surface area contributed by atoms with Crippen LogP contribution in [0.5, 0.6) is 0 Å². The topological polar surface area (TPSA) is 83.9 Å². The molecule has 0 saturated heterocycles. The number of hydrogen-bond donors (Lipinski definition) is 1. The zero-order chi connectivity index (χ0) is 16.1. The Balaban J connectivity index is 2.31. The number of fused-ring (bicyclic) bond motifs is 2. The van der Waals surface area contributed by atoms with Gasteiger partial charge < -0.3 is 9.84 Å². The molecule has 0 bridgehead atoms. The Morgan fingerprint density at radius 3 is 2.73 bits per heavy atom. The maximum Gasteiger partial charge on any atom is 0.338 e. The lowest BCUT2D eigenvalue weighted by Gasteiger charge is -2.33. The van der Waals surface area contributed by atoms with E-state index in [4.69, 9.17) is 0 Å². The van der Waals surface area contributed by atoms with Crippen LogP contribution in [-0.4, -0.2) is 43.7 Å². The van der Waals surface area contributed by atoms with Crippen LogP contribution in [0.4, 0.5) is 0 Å². The summed E-state index contributed by atoms with van der Waals surface area (Å²) in [6.45, 7) is 0. The van der Waals surface area contributed by atoms with Gasteiger partial charge in [0.1, 0.15) is 5.70 Å². The Morgan fingerprint density at radius 2 is 2.05 bits per heavy atom. The molecule has 1 N–H and O–H groups in total. The van der Waals surface area contributed by atoms with E-state index in [0.717, 1.165) is 4.31 Å². The Bertz CT molecular complexity index is 839. The van der Waals surface area contributed by atoms with Crippen molar-refractivity contribution in [2.24, 2.45) is 0 Å². The summed E-state index contributed by atoms with van der Waals surface area (Å²) >= 11 is 1.30. The molecular weight excluding hydrogens is 326 g/mol. The number of esters is 1. The molecule has 0 aromatic heterocycles. The Morgan fingerprint density at radius 1 is 1.36 bits per heavy atom. The van der Waals surface area contributed by atoms with Crippen LogP contribution in [-0.2, 0) is 19.6 Å². The number of thioether (sulfide) groups is 1. The number of aliphatic hydroxyl groups excluding tert-OH is 1. The van der Waals surface area contributed by atoms with E-state index in [1.54, 1.807) is 18.2 Å². The van der Waals surface area contributed by atoms with Gasteiger partial charge >= 0.3 is 5.97 Å². The van der Waals surface area contributed by atoms with E-state index in [-0.39, 0.29) is 27.7 Å². The van der Waals surface area contributed by atoms with Crippen LogP contribution in [0, 0.1) is 0 Å². The first-order chi connectivity index (χ1) is 10.4. The molecule has 3 rings (SSSR count). The molecule has 0 aliphatic carbocycles. The predicted octanol–water partition coefficient (Wildman–Crippen LogP) is 1.72. The standard InChI is InChI=1S/C14H13NO5S2/c1-15-11-12(16)9(14(17)20-2)7-21-13(11)8-5-3-4-6-10(8)22(15,18)19/h3-6,16H,7H2,1-2H3. The van der Waals surface area contributed by atoms with Crippen molar-refractivity contribution in [2.45, 2.75) is 4.90 Å². The van der Waals surface area contributed by atoms with Gasteiger partial charge in [-0.05, 0) is 6.07 Å². The number of likely N-dealkylation sites (N-methyl/N-ethyl adjacent to an activating group) is 1. The minimum Gasteiger partial charge on any atom is -0.505 e. The van der Waals surface area contributed by atoms with E-state index in [9.17, 15) is 18.3 Å². The molecule has 1 aromatic rings. The van der Waals surface area contributed by atoms with Crippen LogP contribution in [0.25, 0.3) is 4.91 Å². The molecule has 22 heavy (non-hydrogen) atoms. The van der Waals surface area contributed by atoms with Crippen LogP contribution in [0.2, 0.25) is 0 Å². The predicted molar refractivity (Wildman–Crippen MR) is 82.4 cm³/mol. The SMILES string of the molecule is COC(=O)C1=C(O)C2=C(SC1)c1ccccc1S(=O)(=O)N2C. The molecule has 0 spiro atoms. The maximum atomic E-state index is 12.6. The van der Waals surface area contributed by atoms with E-state index in [1.807, 2.05) is 0 Å². The van der Waals surface area contributed by atoms with E-state index in [2.05, 4.69) is 4.74 Å². The van der Waals surface area contributed by atoms with Crippen LogP contribution < -0.4 is 0 Å². The highest BCUT2D eigenvalue weighted by Gasteiger charge is 2.40. The fraction of sp³-hybridized carbons (Fsp3) is 0.214. The van der Waals surface area contributed by atoms with Gasteiger partial charge in [-0.1, -0.05) is 18.2 Å². The summed E-state index contributed by atoms with van der Waals surface area (Å²) in [6.07, 6.45) is 0. The Hall–Kier alpha value is -1.93. The van der Waals surface area contributed by atoms with Crippen LogP contribution in [0.15, 0.2) is 46.2 Å². The molecular formula is C14H13NO5S2. The summed E-state index contributed by atoms with van der Waals surface area (Å²) in [5.74, 6) is -0.790. The van der Waals surface area contributed by atoms with Gasteiger partial charge in [-0.15, -0.1) is 11.8 Å². The summed E-state index contributed by atoms with van der Waals surface area (Å²) in [6, 6.07) is 6.61. The summed E-state index contributed by atoms with van der Waals surface area (Å²) in [5, 5.41) is 10.4. The number of benzene rings is 1. The summed E-state index contributed by atoms with van der Waals surface area (Å²) < 4.78 is 30.8. The molecule has 0 radical (unpaired) electrons. The van der Waals surface area contributed by atoms with Crippen molar-refractivity contribution < 1.29 is 23.1 Å². The normalized spacial score (nSPS) is 19.6. The molecule has 2 aliphatic rings. The van der Waals surface area contributed by atoms with Crippen LogP contribution in [0.1, 0.15) is 5.56 Å². The van der Waals surface area contributed by atoms with Crippen LogP contribution >= 0.6 is 11.8 Å². The first-order valence-electron chi connectivity index (χ1n) is 6.35. The summed E-state index contributed by atoms with van der Waals surface area (Å²) in [7, 11) is -1.19. The molecule has 1 aromatic carbocycles. The molecule has 116 valence electrons. The van der Waals surface area contributed by atoms with Crippen molar-refractivity contribution in [1.29, 1.82) is 0 Å². The van der Waals surface area contributed by atoms with Gasteiger partial charge in [0.15, 0.2) is 5.76 Å². The largest absolute Gasteiger partial charge is 0.505 e. The number of sulfonamides is 1. The zero-order valence-electron chi connectivity index (χ0n) is 11.9. The lowest BCUT2D eigenvalue weighted by atomic mass is 10.1. The lowest BCUT2D eigenvalue weighted by molar-refractivity contribution is -0.136. The summed E-state index contributed by atoms with van der Waals surface area (Å²) in [4.78, 5) is 12.6. The number of carbonyl (C=O) groups is 1. The number of nitrogens with zero attached hydrogens (tertiary/aromatic N) is 1. The van der Waals surface area contributed by atoms with Crippen molar-refractivity contribution in [1.82, 2.24) is 4.31 Å². The number of hydrogen-bond acceptors (Lipinski definition) is 6. The lowest BCUT2D eigenvalue weighted by Crippen LogP contribution is -2.34. The van der Waals surface area contributed by atoms with Crippen molar-refractivity contribution in [3.05, 3.63) is 46.9 Å². The summed E-state index contributed by atoms with van der Waals surface area (Å²) in [5.41, 5.74) is 0.721. The van der Waals surface area contributed by atoms with E-state index in [0.29, 0.717) is 10.5 Å². The highest BCUT2D eigenvalue weighted by atomic mass is 32.2. The Labute approximate surface area is 132 Å². The van der Waals surface area contributed by atoms with Gasteiger partial charge in [0.2, 0.25) is 0 Å². The van der Waals surface area contributed by atoms with Crippen molar-refractivity contribution in [2.75, 3.05) is 19.9 Å². The van der Waals surface area contributed by atoms with Gasteiger partial charge in [-0.3, -0.25) is 4.31 Å². The van der Waals surface area contributed by atoms with Gasteiger partial charge in [0.25, 0.3) is 10.0 Å². The minimum absolute atomic E-state index is 0.0627. The van der Waals surface area contributed by atoms with Gasteiger partial charge in [0, 0.05) is 23.3 Å². The third-order valence-electron chi connectivity index (χ3n) is 3.60. The quantitative estimate of drug-likeness (QED) is 0.785. The second-order valence-electron chi connectivity index (χ2n) is 4.75. The molecule has 0 unspecified atom stereocenters. The average molecular weight is 339 g/mol. The molecule has 2 heterocycles. The fourth-order valence-electron chi connectivity index (χ4n) is 2.45. The van der Waals surface area contributed by atoms with Crippen LogP contribution in [0.3, 0.4) is 0 Å². The molecule has 6 nitrogen and oxygen atoms in total. The average Bonchev–Trinajstić information content (AvgIpc) is 2.52. The third-order valence-corrected chi connectivity index (χ3v) is 6.55. The monoisotopic (exact) mass is 339 g/mol. The maximum absolute atomic E-state index is 12.6. The zero-order valence-corrected chi connectivity index (χ0v) is 13.5. The second-order valence-corrected chi connectivity index (χ2v) is 7.68. The van der Waals surface area contributed by atoms with Gasteiger partial charge in [-0.2, -0.15) is 0 Å². The highest BCUT2D eigenvalue weighted by Crippen LogP contribution is 2.47. The number of rotatable bonds is 1. The molecule has 0 saturated carbocycles. The van der Waals surface area contributed by atoms with E-state index >= 15 is 0 Å². The molecule has 0 fully saturated rings. The Kier molecular flexibility index (Phi) is 3.45. The van der Waals surface area contributed by atoms with E-state index in [1.165, 1.54) is 32.0 Å². The molecule has 0 atom stereocenters.